The van der Waals surface area contributed by atoms with Crippen LogP contribution in [0.4, 0.5) is 10.1 Å². The number of benzene rings is 2. The Balaban J connectivity index is 2.16. The molecule has 2 nitrogen and oxygen atoms in total. The second-order valence-corrected chi connectivity index (χ2v) is 6.34. The molecule has 0 bridgehead atoms. The van der Waals surface area contributed by atoms with Crippen molar-refractivity contribution in [1.82, 2.24) is 0 Å². The summed E-state index contributed by atoms with van der Waals surface area (Å²) in [4.78, 5) is 0. The third-order valence-corrected chi connectivity index (χ3v) is 3.53. The highest BCUT2D eigenvalue weighted by Gasteiger charge is 2.15. The van der Waals surface area contributed by atoms with Gasteiger partial charge in [-0.3, -0.25) is 0 Å². The minimum Gasteiger partial charge on any atom is -0.489 e. The van der Waals surface area contributed by atoms with Crippen molar-refractivity contribution in [2.75, 3.05) is 5.73 Å². The van der Waals surface area contributed by atoms with Crippen LogP contribution in [-0.4, -0.2) is 0 Å². The van der Waals surface area contributed by atoms with Gasteiger partial charge in [0.05, 0.1) is 5.69 Å². The molecule has 2 aromatic rings. The predicted molar refractivity (Wildman–Crippen MR) is 85.0 cm³/mol. The Labute approximate surface area is 125 Å². The SMILES string of the molecule is Cc1cc(C(C)(C)C)ccc1OCc1cccc(N)c1F. The number of rotatable bonds is 3. The summed E-state index contributed by atoms with van der Waals surface area (Å²) in [6.45, 7) is 8.69. The Kier molecular flexibility index (Phi) is 4.21. The highest BCUT2D eigenvalue weighted by atomic mass is 19.1. The fourth-order valence-corrected chi connectivity index (χ4v) is 2.14. The fraction of sp³-hybridized carbons (Fsp3) is 0.333. The first-order valence-corrected chi connectivity index (χ1v) is 7.06. The van der Waals surface area contributed by atoms with Crippen molar-refractivity contribution in [1.29, 1.82) is 0 Å². The van der Waals surface area contributed by atoms with Gasteiger partial charge >= 0.3 is 0 Å². The van der Waals surface area contributed by atoms with Gasteiger partial charge in [-0.15, -0.1) is 0 Å². The molecule has 0 saturated heterocycles. The zero-order valence-corrected chi connectivity index (χ0v) is 13.0. The quantitative estimate of drug-likeness (QED) is 0.838. The lowest BCUT2D eigenvalue weighted by Crippen LogP contribution is -2.11. The maximum absolute atomic E-state index is 13.8. The molecule has 112 valence electrons. The van der Waals surface area contributed by atoms with E-state index in [0.717, 1.165) is 11.3 Å². The first kappa shape index (κ1) is 15.4. The highest BCUT2D eigenvalue weighted by Crippen LogP contribution is 2.28. The zero-order chi connectivity index (χ0) is 15.6. The van der Waals surface area contributed by atoms with Crippen LogP contribution in [0.1, 0.15) is 37.5 Å². The van der Waals surface area contributed by atoms with E-state index in [1.807, 2.05) is 13.0 Å². The van der Waals surface area contributed by atoms with Crippen LogP contribution in [0.2, 0.25) is 0 Å². The summed E-state index contributed by atoms with van der Waals surface area (Å²) < 4.78 is 19.6. The van der Waals surface area contributed by atoms with E-state index in [4.69, 9.17) is 10.5 Å². The van der Waals surface area contributed by atoms with Crippen LogP contribution >= 0.6 is 0 Å². The van der Waals surface area contributed by atoms with Gasteiger partial charge in [-0.2, -0.15) is 0 Å². The molecule has 3 heteroatoms. The summed E-state index contributed by atoms with van der Waals surface area (Å²) in [6, 6.07) is 11.1. The largest absolute Gasteiger partial charge is 0.489 e. The van der Waals surface area contributed by atoms with Crippen LogP contribution in [0, 0.1) is 12.7 Å². The lowest BCUT2D eigenvalue weighted by atomic mass is 9.86. The minimum atomic E-state index is -0.401. The molecule has 0 radical (unpaired) electrons. The minimum absolute atomic E-state index is 0.100. The second kappa shape index (κ2) is 5.76. The van der Waals surface area contributed by atoms with Crippen LogP contribution < -0.4 is 10.5 Å². The van der Waals surface area contributed by atoms with Crippen LogP contribution in [0.5, 0.6) is 5.75 Å². The van der Waals surface area contributed by atoms with Gasteiger partial charge in [0.25, 0.3) is 0 Å². The summed E-state index contributed by atoms with van der Waals surface area (Å²) in [7, 11) is 0. The molecule has 2 N–H and O–H groups in total. The molecule has 0 fully saturated rings. The van der Waals surface area contributed by atoms with Crippen LogP contribution in [0.3, 0.4) is 0 Å². The van der Waals surface area contributed by atoms with Gasteiger partial charge in [-0.25, -0.2) is 4.39 Å². The summed E-state index contributed by atoms with van der Waals surface area (Å²) in [6.07, 6.45) is 0. The van der Waals surface area contributed by atoms with Crippen LogP contribution in [0.15, 0.2) is 36.4 Å². The van der Waals surface area contributed by atoms with Crippen LogP contribution in [0.25, 0.3) is 0 Å². The molecule has 0 aliphatic rings. The number of hydrogen-bond acceptors (Lipinski definition) is 2. The van der Waals surface area contributed by atoms with Gasteiger partial charge < -0.3 is 10.5 Å². The normalized spacial score (nSPS) is 11.5. The molecule has 0 aromatic heterocycles. The molecule has 0 spiro atoms. The van der Waals surface area contributed by atoms with Gasteiger partial charge in [0, 0.05) is 5.56 Å². The van der Waals surface area contributed by atoms with Crippen molar-refractivity contribution in [2.24, 2.45) is 0 Å². The van der Waals surface area contributed by atoms with Crippen molar-refractivity contribution >= 4 is 5.69 Å². The van der Waals surface area contributed by atoms with E-state index in [1.165, 1.54) is 5.56 Å². The number of hydrogen-bond donors (Lipinski definition) is 1. The van der Waals surface area contributed by atoms with Crippen molar-refractivity contribution < 1.29 is 9.13 Å². The third-order valence-electron chi connectivity index (χ3n) is 3.53. The summed E-state index contributed by atoms with van der Waals surface area (Å²) in [5.41, 5.74) is 8.57. The summed E-state index contributed by atoms with van der Waals surface area (Å²) >= 11 is 0. The van der Waals surface area contributed by atoms with Crippen molar-refractivity contribution in [3.63, 3.8) is 0 Å². The number of ether oxygens (including phenoxy) is 1. The molecule has 0 saturated carbocycles. The molecule has 2 rings (SSSR count). The summed E-state index contributed by atoms with van der Waals surface area (Å²) in [5, 5.41) is 0. The lowest BCUT2D eigenvalue weighted by molar-refractivity contribution is 0.298. The van der Waals surface area contributed by atoms with E-state index < -0.39 is 5.82 Å². The number of anilines is 1. The van der Waals surface area contributed by atoms with E-state index in [1.54, 1.807) is 18.2 Å². The van der Waals surface area contributed by atoms with Crippen molar-refractivity contribution in [2.45, 2.75) is 39.7 Å². The average Bonchev–Trinajstić information content (AvgIpc) is 2.40. The molecular weight excluding hydrogens is 265 g/mol. The number of aryl methyl sites for hydroxylation is 1. The van der Waals surface area contributed by atoms with Gasteiger partial charge in [0.2, 0.25) is 0 Å². The monoisotopic (exact) mass is 287 g/mol. The van der Waals surface area contributed by atoms with Crippen molar-refractivity contribution in [3.05, 3.63) is 58.9 Å². The summed E-state index contributed by atoms with van der Waals surface area (Å²) in [5.74, 6) is 0.367. The smallest absolute Gasteiger partial charge is 0.152 e. The maximum atomic E-state index is 13.8. The first-order chi connectivity index (χ1) is 9.79. The Morgan fingerprint density at radius 2 is 1.86 bits per heavy atom. The van der Waals surface area contributed by atoms with E-state index >= 15 is 0 Å². The highest BCUT2D eigenvalue weighted by molar-refractivity contribution is 5.43. The maximum Gasteiger partial charge on any atom is 0.152 e. The molecule has 2 aromatic carbocycles. The predicted octanol–water partition coefficient (Wildman–Crippen LogP) is 4.59. The fourth-order valence-electron chi connectivity index (χ4n) is 2.14. The van der Waals surface area contributed by atoms with Crippen LogP contribution in [-0.2, 0) is 12.0 Å². The molecule has 0 heterocycles. The van der Waals surface area contributed by atoms with E-state index in [0.29, 0.717) is 5.56 Å². The lowest BCUT2D eigenvalue weighted by Gasteiger charge is -2.20. The first-order valence-electron chi connectivity index (χ1n) is 7.06. The molecule has 0 unspecified atom stereocenters. The van der Waals surface area contributed by atoms with Gasteiger partial charge in [-0.1, -0.05) is 45.0 Å². The number of nitrogen functional groups attached to an aromatic ring is 1. The Morgan fingerprint density at radius 3 is 2.48 bits per heavy atom. The molecular formula is C18H22FNO. The zero-order valence-electron chi connectivity index (χ0n) is 13.0. The van der Waals surface area contributed by atoms with E-state index in [2.05, 4.69) is 32.9 Å². The van der Waals surface area contributed by atoms with Gasteiger partial charge in [0.15, 0.2) is 5.82 Å². The topological polar surface area (TPSA) is 35.2 Å². The van der Waals surface area contributed by atoms with Gasteiger partial charge in [0.1, 0.15) is 12.4 Å². The molecule has 0 aliphatic heterocycles. The Bertz CT molecular complexity index is 644. The number of nitrogens with two attached hydrogens (primary N) is 1. The molecule has 21 heavy (non-hydrogen) atoms. The molecule has 0 amide bonds. The molecule has 0 atom stereocenters. The standard InChI is InChI=1S/C18H22FNO/c1-12-10-14(18(2,3)4)8-9-16(12)21-11-13-6-5-7-15(20)17(13)19/h5-10H,11,20H2,1-4H3. The van der Waals surface area contributed by atoms with E-state index in [9.17, 15) is 4.39 Å². The van der Waals surface area contributed by atoms with E-state index in [-0.39, 0.29) is 17.7 Å². The average molecular weight is 287 g/mol. The number of halogens is 1. The van der Waals surface area contributed by atoms with Crippen molar-refractivity contribution in [3.8, 4) is 5.75 Å². The van der Waals surface area contributed by atoms with Gasteiger partial charge in [-0.05, 0) is 35.6 Å². The Hall–Kier alpha value is -2.03. The Morgan fingerprint density at radius 1 is 1.14 bits per heavy atom. The molecule has 0 aliphatic carbocycles. The second-order valence-electron chi connectivity index (χ2n) is 6.34. The third kappa shape index (κ3) is 3.54.